The SMILES string of the molecule is Cc1cc(NC(=O)C(C)(C)[n+]2cccc(C(=O)NCCSCCNOCc3ccc[n+](C(C)(C)C(=O)Nc4ccc(NNC(=O)C(=O)NCCCN5CCOCC5)c(C)c4)c3)c2)ccc1NNC(=O)C(=O)NCCO. The number of benzene rings is 2. The molecule has 1 fully saturated rings. The van der Waals surface area contributed by atoms with Crippen molar-refractivity contribution in [3.63, 3.8) is 0 Å². The maximum Gasteiger partial charge on any atom is 0.327 e. The standard InChI is InChI=1S/C51H69N13O10S/c1-35-30-39(12-14-41(35)58-60-46(69)44(67)52-16-9-20-62-23-26-73-27-24-62)56-48(71)50(3,4)63-21-7-10-37(32-63)34-74-55-19-29-75-28-18-54-43(66)38-11-8-22-64(33-38)51(5,6)49(72)57-40-13-15-42(36(2)31-40)59-61-47(70)45(68)53-17-25-65/h7-8,10-15,21-22,30-33,55,65H,9,16-20,23-29,34H2,1-6H3,(H7-2,52,53,54,56,57,58,59,60,61,66,67,68,69,70,71,72)/p+2. The number of carbonyl (C=O) groups is 7. The normalized spacial score (nSPS) is 12.7. The average molecular weight is 1060 g/mol. The zero-order valence-corrected chi connectivity index (χ0v) is 44.2. The molecule has 23 nitrogen and oxygen atoms in total. The van der Waals surface area contributed by atoms with E-state index in [-0.39, 0.29) is 37.5 Å². The number of carbonyl (C=O) groups excluding carboxylic acids is 7. The van der Waals surface area contributed by atoms with Crippen LogP contribution in [0.3, 0.4) is 0 Å². The van der Waals surface area contributed by atoms with Gasteiger partial charge >= 0.3 is 23.6 Å². The van der Waals surface area contributed by atoms with Gasteiger partial charge in [0.05, 0.1) is 37.8 Å². The third kappa shape index (κ3) is 18.3. The molecule has 0 radical (unpaired) electrons. The molecule has 0 bridgehead atoms. The van der Waals surface area contributed by atoms with Gasteiger partial charge in [-0.05, 0) is 86.5 Å². The van der Waals surface area contributed by atoms with Crippen LogP contribution in [0.1, 0.15) is 61.2 Å². The number of hydroxylamine groups is 1. The monoisotopic (exact) mass is 1060 g/mol. The van der Waals surface area contributed by atoms with Crippen molar-refractivity contribution < 1.29 is 57.4 Å². The molecule has 2 aromatic heterocycles. The van der Waals surface area contributed by atoms with Gasteiger partial charge in [0.25, 0.3) is 17.7 Å². The van der Waals surface area contributed by atoms with E-state index >= 15 is 0 Å². The minimum Gasteiger partial charge on any atom is -0.395 e. The molecule has 2 aromatic carbocycles. The second-order valence-electron chi connectivity index (χ2n) is 18.5. The van der Waals surface area contributed by atoms with Crippen LogP contribution in [-0.2, 0) is 56.0 Å². The molecule has 1 saturated heterocycles. The van der Waals surface area contributed by atoms with Crippen molar-refractivity contribution in [3.8, 4) is 0 Å². The number of hydrogen-bond acceptors (Lipinski definition) is 15. The number of thioether (sulfide) groups is 1. The fraction of sp³-hybridized carbons (Fsp3) is 0.431. The Hall–Kier alpha value is -7.22. The van der Waals surface area contributed by atoms with Gasteiger partial charge in [-0.3, -0.25) is 65.0 Å². The third-order valence-corrected chi connectivity index (χ3v) is 13.0. The van der Waals surface area contributed by atoms with Crippen LogP contribution in [0.25, 0.3) is 0 Å². The van der Waals surface area contributed by atoms with Crippen molar-refractivity contribution in [2.75, 3.05) is 98.6 Å². The second kappa shape index (κ2) is 29.0. The Morgan fingerprint density at radius 2 is 1.23 bits per heavy atom. The summed E-state index contributed by atoms with van der Waals surface area (Å²) in [5.41, 5.74) is 15.8. The number of ether oxygens (including phenoxy) is 1. The largest absolute Gasteiger partial charge is 0.395 e. The Bertz CT molecular complexity index is 2630. The van der Waals surface area contributed by atoms with E-state index in [0.29, 0.717) is 78.2 Å². The quantitative estimate of drug-likeness (QED) is 0.0178. The number of aliphatic hydroxyl groups excluding tert-OH is 1. The minimum absolute atomic E-state index is 0.0504. The minimum atomic E-state index is -1.09. The summed E-state index contributed by atoms with van der Waals surface area (Å²) in [7, 11) is 0. The van der Waals surface area contributed by atoms with Crippen LogP contribution in [0, 0.1) is 13.8 Å². The summed E-state index contributed by atoms with van der Waals surface area (Å²) in [6, 6.07) is 17.3. The molecule has 5 rings (SSSR count). The molecule has 75 heavy (non-hydrogen) atoms. The van der Waals surface area contributed by atoms with Crippen molar-refractivity contribution in [2.45, 2.75) is 65.6 Å². The van der Waals surface area contributed by atoms with Gasteiger partial charge in [0.2, 0.25) is 11.1 Å². The van der Waals surface area contributed by atoms with Gasteiger partial charge in [0.1, 0.15) is 5.56 Å². The number of hydrazine groups is 2. The Labute approximate surface area is 440 Å². The van der Waals surface area contributed by atoms with Crippen LogP contribution < -0.4 is 62.9 Å². The number of nitrogens with one attached hydrogen (secondary N) is 10. The molecule has 11 N–H and O–H groups in total. The average Bonchev–Trinajstić information content (AvgIpc) is 3.40. The second-order valence-corrected chi connectivity index (χ2v) is 19.7. The van der Waals surface area contributed by atoms with Crippen molar-refractivity contribution in [3.05, 3.63) is 108 Å². The molecule has 24 heteroatoms. The van der Waals surface area contributed by atoms with E-state index in [1.807, 2.05) is 36.0 Å². The van der Waals surface area contributed by atoms with Crippen LogP contribution >= 0.6 is 11.8 Å². The highest BCUT2D eigenvalue weighted by atomic mass is 32.2. The number of morpholine rings is 1. The lowest BCUT2D eigenvalue weighted by molar-refractivity contribution is -0.742. The van der Waals surface area contributed by atoms with E-state index in [2.05, 4.69) is 58.7 Å². The number of nitrogens with zero attached hydrogens (tertiary/aromatic N) is 3. The van der Waals surface area contributed by atoms with Gasteiger partial charge in [-0.25, -0.2) is 5.48 Å². The van der Waals surface area contributed by atoms with E-state index < -0.39 is 34.7 Å². The van der Waals surface area contributed by atoms with Crippen molar-refractivity contribution in [1.29, 1.82) is 0 Å². The van der Waals surface area contributed by atoms with E-state index in [0.717, 1.165) is 37.2 Å². The predicted molar refractivity (Wildman–Crippen MR) is 282 cm³/mol. The molecule has 0 spiro atoms. The molecule has 0 atom stereocenters. The molecule has 4 aromatic rings. The number of aliphatic hydroxyl groups is 1. The number of anilines is 4. The van der Waals surface area contributed by atoms with Crippen LogP contribution in [0.15, 0.2) is 85.5 Å². The lowest BCUT2D eigenvalue weighted by atomic mass is 10.0. The van der Waals surface area contributed by atoms with E-state index in [9.17, 15) is 33.6 Å². The summed E-state index contributed by atoms with van der Waals surface area (Å²) in [5, 5.41) is 22.5. The highest BCUT2D eigenvalue weighted by Gasteiger charge is 2.39. The van der Waals surface area contributed by atoms with Gasteiger partial charge in [-0.15, -0.1) is 0 Å². The van der Waals surface area contributed by atoms with Crippen molar-refractivity contribution in [1.82, 2.24) is 37.2 Å². The smallest absolute Gasteiger partial charge is 0.327 e. The Morgan fingerprint density at radius 1 is 0.680 bits per heavy atom. The first-order chi connectivity index (χ1) is 35.9. The lowest BCUT2D eigenvalue weighted by Gasteiger charge is -2.26. The Balaban J connectivity index is 0.964. The predicted octanol–water partition coefficient (Wildman–Crippen LogP) is 0.644. The summed E-state index contributed by atoms with van der Waals surface area (Å²) in [6.07, 6.45) is 7.72. The maximum absolute atomic E-state index is 13.6. The van der Waals surface area contributed by atoms with E-state index in [1.54, 1.807) is 112 Å². The molecule has 0 aliphatic carbocycles. The number of aromatic nitrogens is 2. The summed E-state index contributed by atoms with van der Waals surface area (Å²) >= 11 is 1.63. The number of pyridine rings is 2. The molecule has 1 aliphatic rings. The lowest BCUT2D eigenvalue weighted by Crippen LogP contribution is -2.59. The number of aryl methyl sites for hydroxylation is 2. The maximum atomic E-state index is 13.6. The summed E-state index contributed by atoms with van der Waals surface area (Å²) in [4.78, 5) is 96.5. The molecule has 0 unspecified atom stereocenters. The topological polar surface area (TPSA) is 289 Å². The molecular weight excluding hydrogens is 987 g/mol. The summed E-state index contributed by atoms with van der Waals surface area (Å²) in [5.74, 6) is -2.88. The first-order valence-electron chi connectivity index (χ1n) is 24.6. The van der Waals surface area contributed by atoms with Crippen LogP contribution in [-0.4, -0.2) is 128 Å². The van der Waals surface area contributed by atoms with Gasteiger partial charge < -0.3 is 36.4 Å². The summed E-state index contributed by atoms with van der Waals surface area (Å²) in [6.45, 7) is 15.8. The van der Waals surface area contributed by atoms with Gasteiger partial charge in [-0.1, -0.05) is 0 Å². The number of amides is 7. The first-order valence-corrected chi connectivity index (χ1v) is 25.7. The summed E-state index contributed by atoms with van der Waals surface area (Å²) < 4.78 is 8.83. The highest BCUT2D eigenvalue weighted by molar-refractivity contribution is 7.99. The highest BCUT2D eigenvalue weighted by Crippen LogP contribution is 2.22. The third-order valence-electron chi connectivity index (χ3n) is 12.0. The van der Waals surface area contributed by atoms with Gasteiger partial charge in [0.15, 0.2) is 24.8 Å². The van der Waals surface area contributed by atoms with Crippen LogP contribution in [0.4, 0.5) is 22.7 Å². The molecule has 3 heterocycles. The van der Waals surface area contributed by atoms with Gasteiger partial charge in [0, 0.05) is 108 Å². The molecule has 7 amide bonds. The van der Waals surface area contributed by atoms with Gasteiger partial charge in [-0.2, -0.15) is 20.9 Å². The van der Waals surface area contributed by atoms with Crippen molar-refractivity contribution >= 4 is 75.9 Å². The first kappa shape index (κ1) is 58.7. The van der Waals surface area contributed by atoms with Crippen LogP contribution in [0.5, 0.6) is 0 Å². The molecule has 0 saturated carbocycles. The fourth-order valence-electron chi connectivity index (χ4n) is 7.26. The zero-order chi connectivity index (χ0) is 54.4. The molecule has 404 valence electrons. The van der Waals surface area contributed by atoms with E-state index in [4.69, 9.17) is 14.7 Å². The molecule has 1 aliphatic heterocycles. The van der Waals surface area contributed by atoms with Crippen molar-refractivity contribution in [2.24, 2.45) is 0 Å². The Kier molecular flexibility index (Phi) is 22.7. The Morgan fingerprint density at radius 3 is 1.80 bits per heavy atom. The number of hydrogen-bond donors (Lipinski definition) is 11. The van der Waals surface area contributed by atoms with E-state index in [1.165, 1.54) is 0 Å². The zero-order valence-electron chi connectivity index (χ0n) is 43.4. The fourth-order valence-corrected chi connectivity index (χ4v) is 7.94. The van der Waals surface area contributed by atoms with Crippen LogP contribution in [0.2, 0.25) is 0 Å². The number of rotatable bonds is 26. The molecular formula is C51H71N13O10S+2.